The molecule has 4 rings (SSSR count). The van der Waals surface area contributed by atoms with E-state index in [1.165, 1.54) is 11.8 Å². The van der Waals surface area contributed by atoms with Crippen LogP contribution in [0.2, 0.25) is 0 Å². The molecule has 4 aromatic rings. The fraction of sp³-hybridized carbons (Fsp3) is 0.125. The second-order valence-corrected chi connectivity index (χ2v) is 7.49. The minimum Gasteiger partial charge on any atom is -0.494 e. The highest BCUT2D eigenvalue weighted by Crippen LogP contribution is 2.28. The van der Waals surface area contributed by atoms with Gasteiger partial charge in [0.25, 0.3) is 0 Å². The fourth-order valence-corrected chi connectivity index (χ4v) is 3.83. The summed E-state index contributed by atoms with van der Waals surface area (Å²) in [6.07, 6.45) is 0. The number of fused-ring (bicyclic) bond motifs is 1. The third-order valence-electron chi connectivity index (χ3n) is 4.39. The Hall–Kier alpha value is -3.38. The Morgan fingerprint density at radius 1 is 0.933 bits per heavy atom. The Balaban J connectivity index is 1.51. The topological polar surface area (TPSA) is 64.1 Å². The van der Waals surface area contributed by atoms with Crippen LogP contribution in [-0.4, -0.2) is 28.2 Å². The number of rotatable bonds is 7. The van der Waals surface area contributed by atoms with Gasteiger partial charge < -0.3 is 10.1 Å². The number of amides is 1. The molecule has 0 aliphatic rings. The van der Waals surface area contributed by atoms with Crippen molar-refractivity contribution in [1.29, 1.82) is 0 Å². The molecule has 0 unspecified atom stereocenters. The molecule has 3 aromatic carbocycles. The largest absolute Gasteiger partial charge is 0.494 e. The third-order valence-corrected chi connectivity index (χ3v) is 5.38. The highest BCUT2D eigenvalue weighted by Gasteiger charge is 2.12. The number of anilines is 1. The lowest BCUT2D eigenvalue weighted by atomic mass is 10.2. The van der Waals surface area contributed by atoms with Crippen molar-refractivity contribution in [3.8, 4) is 17.1 Å². The second-order valence-electron chi connectivity index (χ2n) is 6.53. The van der Waals surface area contributed by atoms with Crippen LogP contribution in [0.5, 0.6) is 5.75 Å². The Labute approximate surface area is 179 Å². The van der Waals surface area contributed by atoms with Crippen LogP contribution < -0.4 is 10.1 Å². The van der Waals surface area contributed by atoms with E-state index in [1.54, 1.807) is 0 Å². The summed E-state index contributed by atoms with van der Waals surface area (Å²) in [7, 11) is 0. The third kappa shape index (κ3) is 4.78. The van der Waals surface area contributed by atoms with Crippen molar-refractivity contribution in [3.05, 3.63) is 78.9 Å². The van der Waals surface area contributed by atoms with Crippen molar-refractivity contribution in [1.82, 2.24) is 9.97 Å². The van der Waals surface area contributed by atoms with Gasteiger partial charge in [0.15, 0.2) is 5.82 Å². The number of aromatic nitrogens is 2. The molecule has 6 heteroatoms. The molecule has 1 aromatic heterocycles. The Bertz CT molecular complexity index is 1150. The summed E-state index contributed by atoms with van der Waals surface area (Å²) in [4.78, 5) is 21.9. The van der Waals surface area contributed by atoms with Gasteiger partial charge in [0.2, 0.25) is 5.91 Å². The molecule has 0 saturated carbocycles. The molecule has 1 heterocycles. The van der Waals surface area contributed by atoms with E-state index in [-0.39, 0.29) is 11.7 Å². The van der Waals surface area contributed by atoms with Gasteiger partial charge in [-0.25, -0.2) is 9.97 Å². The number of ether oxygens (including phenoxy) is 1. The second kappa shape index (κ2) is 9.41. The smallest absolute Gasteiger partial charge is 0.234 e. The van der Waals surface area contributed by atoms with Crippen LogP contribution in [-0.2, 0) is 4.79 Å². The van der Waals surface area contributed by atoms with E-state index >= 15 is 0 Å². The van der Waals surface area contributed by atoms with Gasteiger partial charge in [-0.3, -0.25) is 4.79 Å². The van der Waals surface area contributed by atoms with Crippen LogP contribution in [0.25, 0.3) is 22.3 Å². The first-order valence-electron chi connectivity index (χ1n) is 9.70. The average Bonchev–Trinajstić information content (AvgIpc) is 2.79. The molecular formula is C24H21N3O2S. The maximum atomic E-state index is 12.5. The summed E-state index contributed by atoms with van der Waals surface area (Å²) in [5, 5.41) is 4.65. The number of carbonyl (C=O) groups excluding carboxylic acids is 1. The molecule has 0 radical (unpaired) electrons. The maximum Gasteiger partial charge on any atom is 0.234 e. The first-order valence-corrected chi connectivity index (χ1v) is 10.7. The van der Waals surface area contributed by atoms with E-state index in [9.17, 15) is 4.79 Å². The number of nitrogens with zero attached hydrogens (tertiary/aromatic N) is 2. The maximum absolute atomic E-state index is 12.5. The lowest BCUT2D eigenvalue weighted by Crippen LogP contribution is -2.14. The average molecular weight is 416 g/mol. The number of nitrogens with one attached hydrogen (secondary N) is 1. The molecule has 5 nitrogen and oxygen atoms in total. The predicted octanol–water partition coefficient (Wildman–Crippen LogP) is 5.43. The van der Waals surface area contributed by atoms with Crippen molar-refractivity contribution in [2.45, 2.75) is 11.9 Å². The lowest BCUT2D eigenvalue weighted by Gasteiger charge is -2.09. The van der Waals surface area contributed by atoms with Gasteiger partial charge in [-0.15, -0.1) is 0 Å². The zero-order valence-electron chi connectivity index (χ0n) is 16.5. The zero-order valence-corrected chi connectivity index (χ0v) is 17.4. The zero-order chi connectivity index (χ0) is 20.8. The van der Waals surface area contributed by atoms with Crippen molar-refractivity contribution in [2.24, 2.45) is 0 Å². The monoisotopic (exact) mass is 415 g/mol. The molecule has 0 spiro atoms. The van der Waals surface area contributed by atoms with Gasteiger partial charge >= 0.3 is 0 Å². The number of thioether (sulfide) groups is 1. The molecule has 0 fully saturated rings. The first kappa shape index (κ1) is 19.9. The van der Waals surface area contributed by atoms with Crippen LogP contribution >= 0.6 is 11.8 Å². The molecular weight excluding hydrogens is 394 g/mol. The van der Waals surface area contributed by atoms with E-state index in [4.69, 9.17) is 9.72 Å². The molecule has 0 bridgehead atoms. The molecule has 0 saturated heterocycles. The summed E-state index contributed by atoms with van der Waals surface area (Å²) in [5.41, 5.74) is 2.55. The van der Waals surface area contributed by atoms with Crippen LogP contribution in [0, 0.1) is 0 Å². The summed E-state index contributed by atoms with van der Waals surface area (Å²) >= 11 is 1.41. The Kier molecular flexibility index (Phi) is 6.25. The van der Waals surface area contributed by atoms with Crippen LogP contribution in [0.1, 0.15) is 6.92 Å². The molecule has 30 heavy (non-hydrogen) atoms. The predicted molar refractivity (Wildman–Crippen MR) is 122 cm³/mol. The van der Waals surface area contributed by atoms with Gasteiger partial charge in [-0.2, -0.15) is 0 Å². The first-order chi connectivity index (χ1) is 14.7. The van der Waals surface area contributed by atoms with Crippen molar-refractivity contribution in [3.63, 3.8) is 0 Å². The summed E-state index contributed by atoms with van der Waals surface area (Å²) < 4.78 is 5.43. The van der Waals surface area contributed by atoms with E-state index in [2.05, 4.69) is 10.3 Å². The molecule has 1 N–H and O–H groups in total. The lowest BCUT2D eigenvalue weighted by molar-refractivity contribution is -0.113. The van der Waals surface area contributed by atoms with Gasteiger partial charge in [0.1, 0.15) is 10.8 Å². The van der Waals surface area contributed by atoms with Crippen molar-refractivity contribution < 1.29 is 9.53 Å². The SMILES string of the molecule is CCOc1ccc(NC(=O)CSc2nc(-c3ccccc3)nc3ccccc23)cc1. The van der Waals surface area contributed by atoms with Gasteiger partial charge in [-0.1, -0.05) is 60.3 Å². The van der Waals surface area contributed by atoms with Crippen LogP contribution in [0.4, 0.5) is 5.69 Å². The number of hydrogen-bond donors (Lipinski definition) is 1. The molecule has 1 amide bonds. The quantitative estimate of drug-likeness (QED) is 0.322. The van der Waals surface area contributed by atoms with Gasteiger partial charge in [0.05, 0.1) is 17.9 Å². The standard InChI is InChI=1S/C24H21N3O2S/c1-2-29-19-14-12-18(13-15-19)25-22(28)16-30-24-20-10-6-7-11-21(20)26-23(27-24)17-8-4-3-5-9-17/h3-15H,2,16H2,1H3,(H,25,28). The number of para-hydroxylation sites is 1. The van der Waals surface area contributed by atoms with E-state index < -0.39 is 0 Å². The van der Waals surface area contributed by atoms with Crippen molar-refractivity contribution in [2.75, 3.05) is 17.7 Å². The van der Waals surface area contributed by atoms with Crippen molar-refractivity contribution >= 4 is 34.3 Å². The van der Waals surface area contributed by atoms with Crippen LogP contribution in [0.3, 0.4) is 0 Å². The minimum absolute atomic E-state index is 0.0897. The van der Waals surface area contributed by atoms with E-state index in [0.29, 0.717) is 12.4 Å². The number of hydrogen-bond acceptors (Lipinski definition) is 5. The van der Waals surface area contributed by atoms with Gasteiger partial charge in [0, 0.05) is 16.6 Å². The molecule has 150 valence electrons. The van der Waals surface area contributed by atoms with Gasteiger partial charge in [-0.05, 0) is 37.3 Å². The number of benzene rings is 3. The Morgan fingerprint density at radius 3 is 2.43 bits per heavy atom. The fourth-order valence-electron chi connectivity index (χ4n) is 3.01. The van der Waals surface area contributed by atoms with E-state index in [0.717, 1.165) is 32.9 Å². The Morgan fingerprint density at radius 2 is 1.67 bits per heavy atom. The molecule has 0 aliphatic heterocycles. The summed E-state index contributed by atoms with van der Waals surface area (Å²) in [6, 6.07) is 25.1. The summed E-state index contributed by atoms with van der Waals surface area (Å²) in [5.74, 6) is 1.60. The minimum atomic E-state index is -0.0897. The van der Waals surface area contributed by atoms with E-state index in [1.807, 2.05) is 85.8 Å². The molecule has 0 aliphatic carbocycles. The number of carbonyl (C=O) groups is 1. The highest BCUT2D eigenvalue weighted by atomic mass is 32.2. The molecule has 0 atom stereocenters. The van der Waals surface area contributed by atoms with Crippen LogP contribution in [0.15, 0.2) is 83.9 Å². The highest BCUT2D eigenvalue weighted by molar-refractivity contribution is 8.00. The summed E-state index contributed by atoms with van der Waals surface area (Å²) in [6.45, 7) is 2.55. The normalized spacial score (nSPS) is 10.7.